The highest BCUT2D eigenvalue weighted by atomic mass is 16.5. The number of hydrogen-bond donors (Lipinski definition) is 1. The molecule has 0 amide bonds. The van der Waals surface area contributed by atoms with Crippen molar-refractivity contribution >= 4 is 0 Å². The van der Waals surface area contributed by atoms with Crippen LogP contribution in [0.1, 0.15) is 58.3 Å². The quantitative estimate of drug-likeness (QED) is 0.816. The molecular weight excluding hydrogens is 210 g/mol. The molecule has 1 heterocycles. The van der Waals surface area contributed by atoms with Crippen LogP contribution in [0.3, 0.4) is 0 Å². The molecule has 2 fully saturated rings. The maximum atomic E-state index is 6.43. The Hall–Kier alpha value is -0.0800. The summed E-state index contributed by atoms with van der Waals surface area (Å²) < 4.78 is 5.41. The van der Waals surface area contributed by atoms with Gasteiger partial charge in [-0.1, -0.05) is 26.2 Å². The van der Waals surface area contributed by atoms with Gasteiger partial charge in [0.05, 0.1) is 0 Å². The molecule has 0 spiro atoms. The first-order valence-corrected chi connectivity index (χ1v) is 7.63. The second kappa shape index (κ2) is 6.75. The Kier molecular flexibility index (Phi) is 5.30. The van der Waals surface area contributed by atoms with E-state index in [1.54, 1.807) is 0 Å². The Morgan fingerprint density at radius 3 is 2.24 bits per heavy atom. The molecule has 1 aliphatic heterocycles. The maximum Gasteiger partial charge on any atom is 0.0468 e. The molecule has 1 unspecified atom stereocenters. The fourth-order valence-electron chi connectivity index (χ4n) is 3.58. The van der Waals surface area contributed by atoms with Gasteiger partial charge in [-0.3, -0.25) is 0 Å². The van der Waals surface area contributed by atoms with E-state index in [9.17, 15) is 0 Å². The molecule has 1 atom stereocenters. The smallest absolute Gasteiger partial charge is 0.0468 e. The zero-order valence-electron chi connectivity index (χ0n) is 11.4. The van der Waals surface area contributed by atoms with E-state index in [1.807, 2.05) is 0 Å². The van der Waals surface area contributed by atoms with Crippen LogP contribution in [-0.2, 0) is 4.74 Å². The summed E-state index contributed by atoms with van der Waals surface area (Å²) in [6.07, 6.45) is 10.7. The second-order valence-electron chi connectivity index (χ2n) is 6.14. The van der Waals surface area contributed by atoms with Crippen LogP contribution in [0.4, 0.5) is 0 Å². The summed E-state index contributed by atoms with van der Waals surface area (Å²) in [4.78, 5) is 0. The SMILES string of the molecule is CCC1CCC(C(N)CC2CCOCC2)CC1. The highest BCUT2D eigenvalue weighted by Gasteiger charge is 2.27. The van der Waals surface area contributed by atoms with Crippen LogP contribution >= 0.6 is 0 Å². The fourth-order valence-corrected chi connectivity index (χ4v) is 3.58. The first-order chi connectivity index (χ1) is 8.29. The van der Waals surface area contributed by atoms with Crippen molar-refractivity contribution in [2.24, 2.45) is 23.5 Å². The van der Waals surface area contributed by atoms with E-state index < -0.39 is 0 Å². The molecule has 1 saturated carbocycles. The molecule has 17 heavy (non-hydrogen) atoms. The first-order valence-electron chi connectivity index (χ1n) is 7.63. The Balaban J connectivity index is 1.70. The minimum Gasteiger partial charge on any atom is -0.381 e. The lowest BCUT2D eigenvalue weighted by Crippen LogP contribution is -2.35. The normalized spacial score (nSPS) is 33.5. The minimum absolute atomic E-state index is 0.455. The van der Waals surface area contributed by atoms with E-state index in [-0.39, 0.29) is 0 Å². The minimum atomic E-state index is 0.455. The molecule has 2 nitrogen and oxygen atoms in total. The van der Waals surface area contributed by atoms with Gasteiger partial charge in [0.2, 0.25) is 0 Å². The van der Waals surface area contributed by atoms with Gasteiger partial charge in [0.1, 0.15) is 0 Å². The molecular formula is C15H29NO. The molecule has 0 aromatic rings. The number of ether oxygens (including phenoxy) is 1. The number of hydrogen-bond acceptors (Lipinski definition) is 2. The van der Waals surface area contributed by atoms with Gasteiger partial charge in [-0.15, -0.1) is 0 Å². The van der Waals surface area contributed by atoms with Crippen molar-refractivity contribution in [1.82, 2.24) is 0 Å². The first kappa shape index (κ1) is 13.4. The van der Waals surface area contributed by atoms with Gasteiger partial charge in [-0.2, -0.15) is 0 Å². The summed E-state index contributed by atoms with van der Waals surface area (Å²) >= 11 is 0. The van der Waals surface area contributed by atoms with Crippen molar-refractivity contribution in [3.63, 3.8) is 0 Å². The molecule has 1 aliphatic carbocycles. The second-order valence-corrected chi connectivity index (χ2v) is 6.14. The number of rotatable bonds is 4. The molecule has 1 saturated heterocycles. The molecule has 0 radical (unpaired) electrons. The summed E-state index contributed by atoms with van der Waals surface area (Å²) in [6.45, 7) is 4.24. The van der Waals surface area contributed by atoms with E-state index in [4.69, 9.17) is 10.5 Å². The van der Waals surface area contributed by atoms with Gasteiger partial charge in [0, 0.05) is 19.3 Å². The van der Waals surface area contributed by atoms with Crippen molar-refractivity contribution in [1.29, 1.82) is 0 Å². The Morgan fingerprint density at radius 1 is 1.00 bits per heavy atom. The van der Waals surface area contributed by atoms with Gasteiger partial charge < -0.3 is 10.5 Å². The average Bonchev–Trinajstić information content (AvgIpc) is 2.40. The largest absolute Gasteiger partial charge is 0.381 e. The van der Waals surface area contributed by atoms with E-state index in [0.29, 0.717) is 6.04 Å². The fraction of sp³-hybridized carbons (Fsp3) is 1.00. The highest BCUT2D eigenvalue weighted by Crippen LogP contribution is 2.34. The predicted molar refractivity (Wildman–Crippen MR) is 71.9 cm³/mol. The maximum absolute atomic E-state index is 6.43. The summed E-state index contributed by atoms with van der Waals surface area (Å²) in [7, 11) is 0. The van der Waals surface area contributed by atoms with E-state index >= 15 is 0 Å². The third-order valence-electron chi connectivity index (χ3n) is 5.02. The van der Waals surface area contributed by atoms with Gasteiger partial charge in [0.15, 0.2) is 0 Å². The summed E-state index contributed by atoms with van der Waals surface area (Å²) in [5.74, 6) is 2.63. The van der Waals surface area contributed by atoms with E-state index in [1.165, 1.54) is 51.4 Å². The molecule has 100 valence electrons. The van der Waals surface area contributed by atoms with Gasteiger partial charge in [-0.05, 0) is 49.9 Å². The van der Waals surface area contributed by atoms with Crippen LogP contribution in [0.5, 0.6) is 0 Å². The highest BCUT2D eigenvalue weighted by molar-refractivity contribution is 4.81. The Bertz CT molecular complexity index is 205. The van der Waals surface area contributed by atoms with Crippen LogP contribution < -0.4 is 5.73 Å². The van der Waals surface area contributed by atoms with Crippen molar-refractivity contribution < 1.29 is 4.74 Å². The summed E-state index contributed by atoms with van der Waals surface area (Å²) in [6, 6.07) is 0.455. The molecule has 0 bridgehead atoms. The Labute approximate surface area is 106 Å². The lowest BCUT2D eigenvalue weighted by atomic mass is 9.75. The topological polar surface area (TPSA) is 35.2 Å². The standard InChI is InChI=1S/C15H29NO/c1-2-12-3-5-14(6-4-12)15(16)11-13-7-9-17-10-8-13/h12-15H,2-11,16H2,1H3. The van der Waals surface area contributed by atoms with Crippen molar-refractivity contribution in [2.75, 3.05) is 13.2 Å². The van der Waals surface area contributed by atoms with E-state index in [2.05, 4.69) is 6.92 Å². The molecule has 0 aromatic heterocycles. The molecule has 0 aromatic carbocycles. The third kappa shape index (κ3) is 3.96. The van der Waals surface area contributed by atoms with Gasteiger partial charge in [0.25, 0.3) is 0 Å². The Morgan fingerprint density at radius 2 is 1.65 bits per heavy atom. The number of nitrogens with two attached hydrogens (primary N) is 1. The lowest BCUT2D eigenvalue weighted by molar-refractivity contribution is 0.0581. The summed E-state index contributed by atoms with van der Waals surface area (Å²) in [5, 5.41) is 0. The van der Waals surface area contributed by atoms with Gasteiger partial charge >= 0.3 is 0 Å². The summed E-state index contributed by atoms with van der Waals surface area (Å²) in [5.41, 5.74) is 6.43. The molecule has 2 aliphatic rings. The third-order valence-corrected chi connectivity index (χ3v) is 5.02. The van der Waals surface area contributed by atoms with Crippen LogP contribution in [0.25, 0.3) is 0 Å². The van der Waals surface area contributed by atoms with Crippen LogP contribution in [0.15, 0.2) is 0 Å². The molecule has 2 rings (SSSR count). The molecule has 2 heteroatoms. The van der Waals surface area contributed by atoms with Crippen molar-refractivity contribution in [3.05, 3.63) is 0 Å². The predicted octanol–water partition coefficient (Wildman–Crippen LogP) is 3.35. The van der Waals surface area contributed by atoms with Crippen LogP contribution in [0.2, 0.25) is 0 Å². The van der Waals surface area contributed by atoms with Crippen LogP contribution in [0, 0.1) is 17.8 Å². The lowest BCUT2D eigenvalue weighted by Gasteiger charge is -2.34. The van der Waals surface area contributed by atoms with E-state index in [0.717, 1.165) is 31.0 Å². The van der Waals surface area contributed by atoms with Gasteiger partial charge in [-0.25, -0.2) is 0 Å². The molecule has 2 N–H and O–H groups in total. The van der Waals surface area contributed by atoms with Crippen molar-refractivity contribution in [3.8, 4) is 0 Å². The zero-order valence-corrected chi connectivity index (χ0v) is 11.4. The zero-order chi connectivity index (χ0) is 12.1. The monoisotopic (exact) mass is 239 g/mol. The van der Waals surface area contributed by atoms with Crippen molar-refractivity contribution in [2.45, 2.75) is 64.3 Å². The van der Waals surface area contributed by atoms with Crippen LogP contribution in [-0.4, -0.2) is 19.3 Å². The average molecular weight is 239 g/mol.